The van der Waals surface area contributed by atoms with Gasteiger partial charge in [-0.15, -0.1) is 0 Å². The fourth-order valence-electron chi connectivity index (χ4n) is 9.85. The van der Waals surface area contributed by atoms with Gasteiger partial charge < -0.3 is 44.8 Å². The van der Waals surface area contributed by atoms with E-state index >= 15 is 0 Å². The van der Waals surface area contributed by atoms with Gasteiger partial charge in [0, 0.05) is 17.9 Å². The van der Waals surface area contributed by atoms with E-state index in [-0.39, 0.29) is 29.1 Å². The molecule has 10 heteroatoms. The molecule has 6 N–H and O–H groups in total. The smallest absolute Gasteiger partial charge is 0.331 e. The molecule has 0 aromatic carbocycles. The third kappa shape index (κ3) is 3.93. The zero-order valence-corrected chi connectivity index (χ0v) is 22.9. The minimum atomic E-state index is -1.51. The number of hydrogen-bond acceptors (Lipinski definition) is 10. The van der Waals surface area contributed by atoms with Crippen molar-refractivity contribution in [2.75, 3.05) is 13.2 Å². The fraction of sp³-hybridized carbons (Fsp3) is 0.897. The Morgan fingerprint density at radius 2 is 1.64 bits per heavy atom. The molecule has 0 radical (unpaired) electrons. The molecule has 6 aliphatic rings. The largest absolute Gasteiger partial charge is 0.458 e. The van der Waals surface area contributed by atoms with E-state index in [1.54, 1.807) is 6.08 Å². The summed E-state index contributed by atoms with van der Waals surface area (Å²) in [6, 6.07) is 0. The molecule has 0 spiro atoms. The van der Waals surface area contributed by atoms with Crippen LogP contribution in [0.3, 0.4) is 0 Å². The molecule has 1 saturated heterocycles. The van der Waals surface area contributed by atoms with Crippen LogP contribution in [0, 0.1) is 28.6 Å². The van der Waals surface area contributed by atoms with Gasteiger partial charge in [-0.05, 0) is 80.1 Å². The van der Waals surface area contributed by atoms with E-state index in [0.29, 0.717) is 45.1 Å². The monoisotopic (exact) mass is 552 g/mol. The van der Waals surface area contributed by atoms with Crippen LogP contribution in [0.1, 0.15) is 71.6 Å². The van der Waals surface area contributed by atoms with Crippen molar-refractivity contribution < 1.29 is 49.6 Å². The van der Waals surface area contributed by atoms with Gasteiger partial charge in [0.05, 0.1) is 23.9 Å². The first-order chi connectivity index (χ1) is 18.4. The van der Waals surface area contributed by atoms with Crippen molar-refractivity contribution in [3.8, 4) is 0 Å². The molecule has 5 fully saturated rings. The van der Waals surface area contributed by atoms with Gasteiger partial charge in [-0.1, -0.05) is 13.8 Å². The maximum Gasteiger partial charge on any atom is 0.331 e. The lowest BCUT2D eigenvalue weighted by molar-refractivity contribution is -0.324. The van der Waals surface area contributed by atoms with Crippen LogP contribution in [0.15, 0.2) is 11.6 Å². The highest BCUT2D eigenvalue weighted by Crippen LogP contribution is 2.70. The van der Waals surface area contributed by atoms with E-state index in [9.17, 15) is 35.4 Å². The SMILES string of the molecule is C[C@]12CC[C@@H](O[C@@H]3O[C@H](CO)[C@@H](O)[C@H](O)[C@H]3O)C[C@@]1(O)CC[C@@H]1[C@H]2CC[C@]2(C)[C@@H](C3=CC(=O)OC3)CC[C@]12O. The molecule has 10 nitrogen and oxygen atoms in total. The number of cyclic esters (lactones) is 1. The molecule has 4 aliphatic carbocycles. The molecule has 2 aliphatic heterocycles. The quantitative estimate of drug-likeness (QED) is 0.214. The van der Waals surface area contributed by atoms with Crippen molar-refractivity contribution in [1.82, 2.24) is 0 Å². The summed E-state index contributed by atoms with van der Waals surface area (Å²) in [6.45, 7) is 4.12. The Labute approximate surface area is 229 Å². The Bertz CT molecular complexity index is 1020. The van der Waals surface area contributed by atoms with Crippen molar-refractivity contribution in [2.24, 2.45) is 28.6 Å². The van der Waals surface area contributed by atoms with Crippen molar-refractivity contribution in [1.29, 1.82) is 0 Å². The van der Waals surface area contributed by atoms with Crippen molar-refractivity contribution in [2.45, 2.75) is 120 Å². The third-order valence-corrected chi connectivity index (χ3v) is 12.3. The maximum atomic E-state index is 12.4. The van der Waals surface area contributed by atoms with Crippen LogP contribution < -0.4 is 0 Å². The summed E-state index contributed by atoms with van der Waals surface area (Å²) >= 11 is 0. The van der Waals surface area contributed by atoms with Crippen LogP contribution in [0.4, 0.5) is 0 Å². The van der Waals surface area contributed by atoms with E-state index in [1.165, 1.54) is 0 Å². The fourth-order valence-corrected chi connectivity index (χ4v) is 9.85. The number of carbonyl (C=O) groups is 1. The first kappa shape index (κ1) is 28.0. The number of ether oxygens (including phenoxy) is 3. The summed E-state index contributed by atoms with van der Waals surface area (Å²) in [5, 5.41) is 64.7. The summed E-state index contributed by atoms with van der Waals surface area (Å²) in [5.74, 6) is 0.00615. The number of rotatable bonds is 4. The highest BCUT2D eigenvalue weighted by atomic mass is 16.7. The summed E-state index contributed by atoms with van der Waals surface area (Å²) in [6.07, 6.45) is 0.543. The van der Waals surface area contributed by atoms with Crippen molar-refractivity contribution >= 4 is 5.97 Å². The van der Waals surface area contributed by atoms with E-state index < -0.39 is 60.0 Å². The van der Waals surface area contributed by atoms with E-state index in [1.807, 2.05) is 0 Å². The van der Waals surface area contributed by atoms with E-state index in [4.69, 9.17) is 14.2 Å². The number of aliphatic hydroxyl groups is 6. The van der Waals surface area contributed by atoms with Crippen LogP contribution >= 0.6 is 0 Å². The third-order valence-electron chi connectivity index (χ3n) is 12.3. The molecule has 13 atom stereocenters. The van der Waals surface area contributed by atoms with Crippen LogP contribution in [0.5, 0.6) is 0 Å². The van der Waals surface area contributed by atoms with Gasteiger partial charge in [0.2, 0.25) is 0 Å². The van der Waals surface area contributed by atoms with Crippen LogP contribution in [-0.2, 0) is 19.0 Å². The first-order valence-electron chi connectivity index (χ1n) is 14.6. The zero-order chi connectivity index (χ0) is 28.0. The number of hydrogen-bond donors (Lipinski definition) is 6. The molecule has 0 bridgehead atoms. The average Bonchev–Trinajstić information content (AvgIpc) is 3.44. The summed E-state index contributed by atoms with van der Waals surface area (Å²) < 4.78 is 16.8. The number of carbonyl (C=O) groups excluding carboxylic acids is 1. The lowest BCUT2D eigenvalue weighted by Crippen LogP contribution is -2.67. The Kier molecular flexibility index (Phi) is 6.80. The Morgan fingerprint density at radius 3 is 2.33 bits per heavy atom. The highest BCUT2D eigenvalue weighted by Gasteiger charge is 2.70. The topological polar surface area (TPSA) is 166 Å². The maximum absolute atomic E-state index is 12.4. The molecule has 4 saturated carbocycles. The molecule has 0 aromatic rings. The van der Waals surface area contributed by atoms with Crippen molar-refractivity contribution in [3.63, 3.8) is 0 Å². The van der Waals surface area contributed by atoms with Gasteiger partial charge in [-0.25, -0.2) is 4.79 Å². The molecule has 0 unspecified atom stereocenters. The number of fused-ring (bicyclic) bond motifs is 5. The normalized spacial score (nSPS) is 55.3. The molecule has 0 aromatic heterocycles. The first-order valence-corrected chi connectivity index (χ1v) is 14.6. The molecular formula is C29H44O10. The Balaban J connectivity index is 1.19. The van der Waals surface area contributed by atoms with Crippen molar-refractivity contribution in [3.05, 3.63) is 11.6 Å². The molecule has 39 heavy (non-hydrogen) atoms. The van der Waals surface area contributed by atoms with Crippen LogP contribution in [0.25, 0.3) is 0 Å². The van der Waals surface area contributed by atoms with Gasteiger partial charge >= 0.3 is 5.97 Å². The average molecular weight is 553 g/mol. The number of aliphatic hydroxyl groups excluding tert-OH is 4. The molecule has 6 rings (SSSR count). The van der Waals surface area contributed by atoms with Gasteiger partial charge in [-0.3, -0.25) is 0 Å². The Hall–Kier alpha value is -1.11. The van der Waals surface area contributed by atoms with Gasteiger partial charge in [-0.2, -0.15) is 0 Å². The summed E-state index contributed by atoms with van der Waals surface area (Å²) in [4.78, 5) is 11.8. The van der Waals surface area contributed by atoms with E-state index in [2.05, 4.69) is 13.8 Å². The van der Waals surface area contributed by atoms with Crippen LogP contribution in [-0.4, -0.2) is 97.8 Å². The van der Waals surface area contributed by atoms with Gasteiger partial charge in [0.15, 0.2) is 6.29 Å². The lowest BCUT2D eigenvalue weighted by Gasteiger charge is -2.66. The Morgan fingerprint density at radius 1 is 0.923 bits per heavy atom. The minimum Gasteiger partial charge on any atom is -0.458 e. The minimum absolute atomic E-state index is 0.0491. The molecule has 220 valence electrons. The number of esters is 1. The van der Waals surface area contributed by atoms with Crippen LogP contribution in [0.2, 0.25) is 0 Å². The standard InChI is InChI=1S/C29H44O10/c1-26-7-3-16(38-25-24(34)23(33)22(32)20(13-30)39-25)12-28(26,35)9-5-19-18(26)4-8-27(2)17(6-10-29(19,27)36)15-11-21(31)37-14-15/h11,16-20,22-25,30,32-36H,3-10,12-14H2,1-2H3/t16-,17-,18-,19-,20-,22-,23+,24-,25-,26-,27-,28+,29+/m1/s1. The van der Waals surface area contributed by atoms with E-state index in [0.717, 1.165) is 24.8 Å². The highest BCUT2D eigenvalue weighted by molar-refractivity contribution is 5.85. The zero-order valence-electron chi connectivity index (χ0n) is 22.9. The second-order valence-electron chi connectivity index (χ2n) is 13.7. The van der Waals surface area contributed by atoms with Gasteiger partial charge in [0.1, 0.15) is 31.0 Å². The summed E-state index contributed by atoms with van der Waals surface area (Å²) in [7, 11) is 0. The predicted molar refractivity (Wildman–Crippen MR) is 136 cm³/mol. The second kappa shape index (κ2) is 9.46. The predicted octanol–water partition coefficient (Wildman–Crippen LogP) is 0.543. The van der Waals surface area contributed by atoms with Gasteiger partial charge in [0.25, 0.3) is 0 Å². The second-order valence-corrected chi connectivity index (χ2v) is 13.7. The molecule has 0 amide bonds. The lowest BCUT2D eigenvalue weighted by atomic mass is 9.42. The summed E-state index contributed by atoms with van der Waals surface area (Å²) in [5.41, 5.74) is -1.67. The molecule has 2 heterocycles. The molecular weight excluding hydrogens is 508 g/mol.